The van der Waals surface area contributed by atoms with Crippen LogP contribution in [0.4, 0.5) is 8.78 Å². The first-order valence-electron chi connectivity index (χ1n) is 6.75. The van der Waals surface area contributed by atoms with Gasteiger partial charge in [0, 0.05) is 30.8 Å². The van der Waals surface area contributed by atoms with Crippen LogP contribution >= 0.6 is 11.3 Å². The summed E-state index contributed by atoms with van der Waals surface area (Å²) < 4.78 is 26.2. The zero-order chi connectivity index (χ0) is 14.0. The van der Waals surface area contributed by atoms with Crippen LogP contribution in [0.2, 0.25) is 0 Å². The Balaban J connectivity index is 2.10. The molecule has 106 valence electrons. The SMILES string of the molecule is CCc1cc(C(=O)N2CCC(F)(F)CC2)sc1CC. The summed E-state index contributed by atoms with van der Waals surface area (Å²) in [4.78, 5) is 15.8. The number of piperidine rings is 1. The molecule has 5 heteroatoms. The van der Waals surface area contributed by atoms with Crippen molar-refractivity contribution < 1.29 is 13.6 Å². The Bertz CT molecular complexity index is 439. The van der Waals surface area contributed by atoms with Crippen LogP contribution in [0.25, 0.3) is 0 Å². The number of carbonyl (C=O) groups is 1. The Morgan fingerprint density at radius 1 is 1.32 bits per heavy atom. The van der Waals surface area contributed by atoms with E-state index >= 15 is 0 Å². The van der Waals surface area contributed by atoms with Crippen molar-refractivity contribution in [3.8, 4) is 0 Å². The third kappa shape index (κ3) is 3.14. The zero-order valence-electron chi connectivity index (χ0n) is 11.3. The second kappa shape index (κ2) is 5.57. The van der Waals surface area contributed by atoms with Gasteiger partial charge < -0.3 is 4.90 Å². The Labute approximate surface area is 116 Å². The molecular formula is C14H19F2NOS. The predicted molar refractivity (Wildman–Crippen MR) is 73.2 cm³/mol. The van der Waals surface area contributed by atoms with Gasteiger partial charge in [0.05, 0.1) is 4.88 Å². The molecule has 0 bridgehead atoms. The normalized spacial score (nSPS) is 18.6. The number of alkyl halides is 2. The summed E-state index contributed by atoms with van der Waals surface area (Å²) in [6.07, 6.45) is 1.39. The second-order valence-corrected chi connectivity index (χ2v) is 6.05. The van der Waals surface area contributed by atoms with Gasteiger partial charge in [0.25, 0.3) is 11.8 Å². The lowest BCUT2D eigenvalue weighted by molar-refractivity contribution is -0.0493. The molecule has 1 amide bonds. The van der Waals surface area contributed by atoms with E-state index in [-0.39, 0.29) is 31.8 Å². The van der Waals surface area contributed by atoms with Crippen LogP contribution in [-0.4, -0.2) is 29.8 Å². The van der Waals surface area contributed by atoms with Crippen molar-refractivity contribution in [2.24, 2.45) is 0 Å². The van der Waals surface area contributed by atoms with E-state index in [1.54, 1.807) is 4.90 Å². The lowest BCUT2D eigenvalue weighted by Crippen LogP contribution is -2.42. The van der Waals surface area contributed by atoms with Gasteiger partial charge in [0.2, 0.25) is 0 Å². The number of nitrogens with zero attached hydrogens (tertiary/aromatic N) is 1. The largest absolute Gasteiger partial charge is 0.338 e. The minimum atomic E-state index is -2.60. The maximum atomic E-state index is 13.1. The number of aryl methyl sites for hydroxylation is 2. The first kappa shape index (κ1) is 14.4. The van der Waals surface area contributed by atoms with Crippen molar-refractivity contribution in [1.29, 1.82) is 0 Å². The predicted octanol–water partition coefficient (Wildman–Crippen LogP) is 3.74. The fourth-order valence-corrected chi connectivity index (χ4v) is 3.52. The molecule has 0 spiro atoms. The molecule has 2 rings (SSSR count). The third-order valence-electron chi connectivity index (χ3n) is 3.59. The highest BCUT2D eigenvalue weighted by molar-refractivity contribution is 7.14. The van der Waals surface area contributed by atoms with Crippen molar-refractivity contribution in [3.05, 3.63) is 21.4 Å². The van der Waals surface area contributed by atoms with Crippen molar-refractivity contribution >= 4 is 17.2 Å². The Morgan fingerprint density at radius 2 is 1.95 bits per heavy atom. The van der Waals surface area contributed by atoms with E-state index in [1.165, 1.54) is 21.8 Å². The molecular weight excluding hydrogens is 268 g/mol. The smallest absolute Gasteiger partial charge is 0.263 e. The molecule has 1 aromatic heterocycles. The van der Waals surface area contributed by atoms with E-state index in [0.717, 1.165) is 12.8 Å². The molecule has 0 saturated carbocycles. The molecule has 1 saturated heterocycles. The van der Waals surface area contributed by atoms with Crippen LogP contribution in [0.3, 0.4) is 0 Å². The number of likely N-dealkylation sites (tertiary alicyclic amines) is 1. The number of carbonyl (C=O) groups excluding carboxylic acids is 1. The molecule has 0 unspecified atom stereocenters. The van der Waals surface area contributed by atoms with E-state index in [2.05, 4.69) is 13.8 Å². The topological polar surface area (TPSA) is 20.3 Å². The Morgan fingerprint density at radius 3 is 2.42 bits per heavy atom. The average molecular weight is 287 g/mol. The van der Waals surface area contributed by atoms with Gasteiger partial charge in [-0.2, -0.15) is 0 Å². The maximum Gasteiger partial charge on any atom is 0.263 e. The van der Waals surface area contributed by atoms with E-state index in [9.17, 15) is 13.6 Å². The fraction of sp³-hybridized carbons (Fsp3) is 0.643. The van der Waals surface area contributed by atoms with Gasteiger partial charge in [-0.25, -0.2) is 8.78 Å². The monoisotopic (exact) mass is 287 g/mol. The highest BCUT2D eigenvalue weighted by Crippen LogP contribution is 2.30. The number of rotatable bonds is 3. The minimum absolute atomic E-state index is 0.0881. The molecule has 0 aromatic carbocycles. The van der Waals surface area contributed by atoms with Crippen LogP contribution < -0.4 is 0 Å². The van der Waals surface area contributed by atoms with Gasteiger partial charge in [-0.3, -0.25) is 4.79 Å². The molecule has 2 nitrogen and oxygen atoms in total. The highest BCUT2D eigenvalue weighted by atomic mass is 32.1. The lowest BCUT2D eigenvalue weighted by atomic mass is 10.1. The first-order chi connectivity index (χ1) is 8.96. The summed E-state index contributed by atoms with van der Waals surface area (Å²) in [5.41, 5.74) is 1.21. The van der Waals surface area contributed by atoms with Gasteiger partial charge in [-0.05, 0) is 24.5 Å². The first-order valence-corrected chi connectivity index (χ1v) is 7.57. The van der Waals surface area contributed by atoms with Gasteiger partial charge in [-0.15, -0.1) is 11.3 Å². The molecule has 1 aliphatic heterocycles. The molecule has 1 aliphatic rings. The summed E-state index contributed by atoms with van der Waals surface area (Å²) in [7, 11) is 0. The third-order valence-corrected chi connectivity index (χ3v) is 4.90. The maximum absolute atomic E-state index is 13.1. The van der Waals surface area contributed by atoms with Crippen molar-refractivity contribution in [1.82, 2.24) is 4.90 Å². The van der Waals surface area contributed by atoms with E-state index in [1.807, 2.05) is 6.07 Å². The molecule has 0 N–H and O–H groups in total. The van der Waals surface area contributed by atoms with Crippen LogP contribution in [0.1, 0.15) is 46.8 Å². The van der Waals surface area contributed by atoms with E-state index < -0.39 is 5.92 Å². The standard InChI is InChI=1S/C14H19F2NOS/c1-3-10-9-12(19-11(10)4-2)13(18)17-7-5-14(15,16)6-8-17/h9H,3-8H2,1-2H3. The number of hydrogen-bond acceptors (Lipinski definition) is 2. The second-order valence-electron chi connectivity index (χ2n) is 4.91. The number of hydrogen-bond donors (Lipinski definition) is 0. The number of thiophene rings is 1. The summed E-state index contributed by atoms with van der Waals surface area (Å²) in [5.74, 6) is -2.69. The van der Waals surface area contributed by atoms with E-state index in [0.29, 0.717) is 4.88 Å². The summed E-state index contributed by atoms with van der Waals surface area (Å²) in [6.45, 7) is 4.46. The molecule has 0 atom stereocenters. The van der Waals surface area contributed by atoms with E-state index in [4.69, 9.17) is 0 Å². The van der Waals surface area contributed by atoms with Gasteiger partial charge in [0.15, 0.2) is 0 Å². The zero-order valence-corrected chi connectivity index (χ0v) is 12.2. The van der Waals surface area contributed by atoms with Crippen LogP contribution in [0, 0.1) is 0 Å². The average Bonchev–Trinajstić information content (AvgIpc) is 2.81. The lowest BCUT2D eigenvalue weighted by Gasteiger charge is -2.31. The molecule has 1 aromatic rings. The molecule has 0 radical (unpaired) electrons. The molecule has 1 fully saturated rings. The number of halogens is 2. The van der Waals surface area contributed by atoms with Crippen LogP contribution in [-0.2, 0) is 12.8 Å². The highest BCUT2D eigenvalue weighted by Gasteiger charge is 2.36. The van der Waals surface area contributed by atoms with Gasteiger partial charge >= 0.3 is 0 Å². The molecule has 0 aliphatic carbocycles. The van der Waals surface area contributed by atoms with Gasteiger partial charge in [0.1, 0.15) is 0 Å². The summed E-state index contributed by atoms with van der Waals surface area (Å²) in [5, 5.41) is 0. The summed E-state index contributed by atoms with van der Waals surface area (Å²) >= 11 is 1.51. The number of amides is 1. The molecule has 19 heavy (non-hydrogen) atoms. The fourth-order valence-electron chi connectivity index (χ4n) is 2.36. The van der Waals surface area contributed by atoms with Crippen LogP contribution in [0.5, 0.6) is 0 Å². The van der Waals surface area contributed by atoms with Crippen molar-refractivity contribution in [2.75, 3.05) is 13.1 Å². The van der Waals surface area contributed by atoms with Gasteiger partial charge in [-0.1, -0.05) is 13.8 Å². The Hall–Kier alpha value is -0.970. The van der Waals surface area contributed by atoms with Crippen molar-refractivity contribution in [3.63, 3.8) is 0 Å². The Kier molecular flexibility index (Phi) is 4.23. The quantitative estimate of drug-likeness (QED) is 0.829. The summed E-state index contributed by atoms with van der Waals surface area (Å²) in [6, 6.07) is 1.93. The molecule has 2 heterocycles. The van der Waals surface area contributed by atoms with Crippen molar-refractivity contribution in [2.45, 2.75) is 45.5 Å². The van der Waals surface area contributed by atoms with Crippen LogP contribution in [0.15, 0.2) is 6.07 Å². The minimum Gasteiger partial charge on any atom is -0.338 e.